The normalized spacial score (nSPS) is 52.9. The van der Waals surface area contributed by atoms with Crippen LogP contribution in [0.15, 0.2) is 0 Å². The lowest BCUT2D eigenvalue weighted by atomic mass is 9.43. The number of hydrogen-bond donors (Lipinski definition) is 3. The van der Waals surface area contributed by atoms with Crippen LogP contribution in [-0.2, 0) is 4.79 Å². The van der Waals surface area contributed by atoms with E-state index in [0.29, 0.717) is 36.0 Å². The molecule has 0 aliphatic heterocycles. The maximum atomic E-state index is 11.5. The Hall–Kier alpha value is -0.450. The minimum atomic E-state index is -0.337. The van der Waals surface area contributed by atoms with Crippen molar-refractivity contribution in [1.29, 1.82) is 0 Å². The van der Waals surface area contributed by atoms with E-state index >= 15 is 0 Å². The van der Waals surface area contributed by atoms with Gasteiger partial charge in [0.1, 0.15) is 5.78 Å². The molecule has 0 heterocycles. The van der Waals surface area contributed by atoms with Crippen molar-refractivity contribution in [2.75, 3.05) is 0 Å². The summed E-state index contributed by atoms with van der Waals surface area (Å²) < 4.78 is 0. The molecular formula is C25H42O4. The molecule has 0 aromatic heterocycles. The van der Waals surface area contributed by atoms with Gasteiger partial charge in [0.25, 0.3) is 0 Å². The first kappa shape index (κ1) is 21.8. The van der Waals surface area contributed by atoms with Crippen molar-refractivity contribution < 1.29 is 20.1 Å². The minimum absolute atomic E-state index is 0.129. The van der Waals surface area contributed by atoms with Crippen molar-refractivity contribution in [1.82, 2.24) is 0 Å². The standard InChI is InChI=1S/C25H42O4/c1-14(5-6-15(2)26)18-7-8-19-23-20(13-22(29)25(18,19)4)24(3)10-9-17(27)11-16(24)12-21(23)28/h14,16-23,27-29H,5-13H2,1-4H3/t14-,16?,17-,18-,19+,20+,21-,22+,23?,24+,25-/m1/s1. The van der Waals surface area contributed by atoms with Crippen LogP contribution < -0.4 is 0 Å². The maximum absolute atomic E-state index is 11.5. The Balaban J connectivity index is 1.61. The summed E-state index contributed by atoms with van der Waals surface area (Å²) >= 11 is 0. The van der Waals surface area contributed by atoms with Gasteiger partial charge in [-0.2, -0.15) is 0 Å². The first-order valence-electron chi connectivity index (χ1n) is 12.1. The van der Waals surface area contributed by atoms with E-state index < -0.39 is 0 Å². The van der Waals surface area contributed by atoms with Crippen LogP contribution in [0.1, 0.15) is 85.5 Å². The van der Waals surface area contributed by atoms with E-state index in [0.717, 1.165) is 51.4 Å². The second kappa shape index (κ2) is 7.60. The molecule has 4 nitrogen and oxygen atoms in total. The molecule has 0 spiro atoms. The number of carbonyl (C=O) groups is 1. The third-order valence-electron chi connectivity index (χ3n) is 10.5. The highest BCUT2D eigenvalue weighted by Gasteiger charge is 2.65. The second-order valence-corrected chi connectivity index (χ2v) is 11.7. The summed E-state index contributed by atoms with van der Waals surface area (Å²) in [5.41, 5.74) is -0.0283. The van der Waals surface area contributed by atoms with E-state index in [1.54, 1.807) is 6.92 Å². The highest BCUT2D eigenvalue weighted by Crippen LogP contribution is 2.68. The fourth-order valence-corrected chi connectivity index (χ4v) is 8.76. The molecule has 0 radical (unpaired) electrons. The zero-order valence-corrected chi connectivity index (χ0v) is 18.8. The lowest BCUT2D eigenvalue weighted by Gasteiger charge is -2.63. The van der Waals surface area contributed by atoms with E-state index in [1.165, 1.54) is 0 Å². The van der Waals surface area contributed by atoms with Crippen molar-refractivity contribution in [3.8, 4) is 0 Å². The molecule has 166 valence electrons. The summed E-state index contributed by atoms with van der Waals surface area (Å²) in [5.74, 6) is 2.45. The smallest absolute Gasteiger partial charge is 0.129 e. The number of aliphatic hydroxyl groups is 3. The van der Waals surface area contributed by atoms with Crippen molar-refractivity contribution >= 4 is 5.78 Å². The van der Waals surface area contributed by atoms with Crippen molar-refractivity contribution in [2.45, 2.75) is 104 Å². The summed E-state index contributed by atoms with van der Waals surface area (Å²) in [6, 6.07) is 0. The zero-order chi connectivity index (χ0) is 21.1. The fourth-order valence-electron chi connectivity index (χ4n) is 8.76. The average Bonchev–Trinajstić information content (AvgIpc) is 3.01. The number of hydrogen-bond acceptors (Lipinski definition) is 4. The number of rotatable bonds is 4. The van der Waals surface area contributed by atoms with Gasteiger partial charge >= 0.3 is 0 Å². The van der Waals surface area contributed by atoms with Gasteiger partial charge in [0.2, 0.25) is 0 Å². The van der Waals surface area contributed by atoms with Crippen LogP contribution in [0, 0.1) is 46.3 Å². The molecule has 0 saturated heterocycles. The largest absolute Gasteiger partial charge is 0.393 e. The van der Waals surface area contributed by atoms with Gasteiger partial charge in [-0.1, -0.05) is 20.8 Å². The molecule has 4 fully saturated rings. The summed E-state index contributed by atoms with van der Waals surface area (Å²) in [4.78, 5) is 11.5. The lowest BCUT2D eigenvalue weighted by Crippen LogP contribution is -2.62. The predicted molar refractivity (Wildman–Crippen MR) is 113 cm³/mol. The van der Waals surface area contributed by atoms with Gasteiger partial charge in [0, 0.05) is 6.42 Å². The maximum Gasteiger partial charge on any atom is 0.129 e. The second-order valence-electron chi connectivity index (χ2n) is 11.7. The molecule has 4 aliphatic carbocycles. The van der Waals surface area contributed by atoms with E-state index in [4.69, 9.17) is 0 Å². The van der Waals surface area contributed by atoms with Gasteiger partial charge in [-0.15, -0.1) is 0 Å². The van der Waals surface area contributed by atoms with Gasteiger partial charge in [0.15, 0.2) is 0 Å². The van der Waals surface area contributed by atoms with Crippen LogP contribution in [-0.4, -0.2) is 39.4 Å². The van der Waals surface area contributed by atoms with E-state index in [2.05, 4.69) is 20.8 Å². The fraction of sp³-hybridized carbons (Fsp3) is 0.960. The van der Waals surface area contributed by atoms with Gasteiger partial charge < -0.3 is 20.1 Å². The Morgan fingerprint density at radius 2 is 1.76 bits per heavy atom. The van der Waals surface area contributed by atoms with Gasteiger partial charge in [-0.3, -0.25) is 0 Å². The molecule has 0 bridgehead atoms. The van der Waals surface area contributed by atoms with Crippen LogP contribution in [0.5, 0.6) is 0 Å². The molecule has 4 rings (SSSR count). The summed E-state index contributed by atoms with van der Waals surface area (Å²) in [7, 11) is 0. The molecular weight excluding hydrogens is 364 g/mol. The first-order chi connectivity index (χ1) is 13.6. The Bertz CT molecular complexity index is 634. The Labute approximate surface area is 176 Å². The van der Waals surface area contributed by atoms with Crippen molar-refractivity contribution in [2.24, 2.45) is 46.3 Å². The van der Waals surface area contributed by atoms with E-state index in [1.807, 2.05) is 0 Å². The van der Waals surface area contributed by atoms with Crippen LogP contribution in [0.2, 0.25) is 0 Å². The molecule has 4 heteroatoms. The Morgan fingerprint density at radius 1 is 1.03 bits per heavy atom. The third kappa shape index (κ3) is 3.32. The molecule has 4 aliphatic rings. The van der Waals surface area contributed by atoms with Gasteiger partial charge in [-0.25, -0.2) is 0 Å². The number of carbonyl (C=O) groups excluding carboxylic acids is 1. The summed E-state index contributed by atoms with van der Waals surface area (Å²) in [6.45, 7) is 8.59. The molecule has 0 aromatic carbocycles. The van der Waals surface area contributed by atoms with Gasteiger partial charge in [-0.05, 0) is 105 Å². The van der Waals surface area contributed by atoms with Crippen molar-refractivity contribution in [3.63, 3.8) is 0 Å². The number of ketones is 1. The Morgan fingerprint density at radius 3 is 2.45 bits per heavy atom. The van der Waals surface area contributed by atoms with Crippen LogP contribution in [0.3, 0.4) is 0 Å². The number of aliphatic hydroxyl groups excluding tert-OH is 3. The van der Waals surface area contributed by atoms with Crippen LogP contribution in [0.25, 0.3) is 0 Å². The predicted octanol–water partition coefficient (Wildman–Crippen LogP) is 3.95. The molecule has 3 N–H and O–H groups in total. The first-order valence-corrected chi connectivity index (χ1v) is 12.1. The Kier molecular flexibility index (Phi) is 5.71. The van der Waals surface area contributed by atoms with Crippen LogP contribution >= 0.6 is 0 Å². The van der Waals surface area contributed by atoms with Crippen molar-refractivity contribution in [3.05, 3.63) is 0 Å². The van der Waals surface area contributed by atoms with E-state index in [-0.39, 0.29) is 40.8 Å². The molecule has 29 heavy (non-hydrogen) atoms. The molecule has 11 atom stereocenters. The summed E-state index contributed by atoms with van der Waals surface area (Å²) in [6.07, 6.45) is 7.12. The highest BCUT2D eigenvalue weighted by molar-refractivity contribution is 5.75. The number of Topliss-reactive ketones (excluding diaryl/α,β-unsaturated/α-hetero) is 1. The molecule has 2 unspecified atom stereocenters. The molecule has 0 aromatic rings. The number of fused-ring (bicyclic) bond motifs is 5. The summed E-state index contributed by atoms with van der Waals surface area (Å²) in [5, 5.41) is 33.0. The quantitative estimate of drug-likeness (QED) is 0.660. The SMILES string of the molecule is CC(=O)CC[C@@H](C)[C@H]1CC[C@H]2C3[C@H](O)CC4C[C@H](O)CC[C@]4(C)[C@H]3C[C@H](O)[C@]12C. The van der Waals surface area contributed by atoms with E-state index in [9.17, 15) is 20.1 Å². The van der Waals surface area contributed by atoms with Gasteiger partial charge in [0.05, 0.1) is 18.3 Å². The molecule has 0 amide bonds. The minimum Gasteiger partial charge on any atom is -0.393 e. The zero-order valence-electron chi connectivity index (χ0n) is 18.8. The highest BCUT2D eigenvalue weighted by atomic mass is 16.3. The lowest BCUT2D eigenvalue weighted by molar-refractivity contribution is -0.207. The average molecular weight is 407 g/mol. The molecule has 4 saturated carbocycles. The third-order valence-corrected chi connectivity index (χ3v) is 10.5. The van der Waals surface area contributed by atoms with Crippen LogP contribution in [0.4, 0.5) is 0 Å². The topological polar surface area (TPSA) is 77.8 Å². The monoisotopic (exact) mass is 406 g/mol.